The minimum absolute atomic E-state index is 0.251. The van der Waals surface area contributed by atoms with Crippen LogP contribution in [0.25, 0.3) is 0 Å². The Morgan fingerprint density at radius 1 is 1.17 bits per heavy atom. The summed E-state index contributed by atoms with van der Waals surface area (Å²) in [5.41, 5.74) is 0.837. The monoisotopic (exact) mass is 330 g/mol. The van der Waals surface area contributed by atoms with Gasteiger partial charge in [0.2, 0.25) is 0 Å². The zero-order chi connectivity index (χ0) is 16.7. The van der Waals surface area contributed by atoms with Gasteiger partial charge in [0.1, 0.15) is 0 Å². The molecule has 0 aromatic heterocycles. The number of hydrogen-bond acceptors (Lipinski definition) is 1. The van der Waals surface area contributed by atoms with Crippen molar-refractivity contribution in [3.63, 3.8) is 0 Å². The van der Waals surface area contributed by atoms with E-state index in [1.807, 2.05) is 6.08 Å². The van der Waals surface area contributed by atoms with E-state index >= 15 is 0 Å². The number of unbranched alkanes of at least 4 members (excludes halogenated alkanes) is 1. The molecule has 1 nitrogen and oxygen atoms in total. The molecule has 2 rings (SSSR count). The van der Waals surface area contributed by atoms with Crippen LogP contribution in [0.5, 0.6) is 5.75 Å². The van der Waals surface area contributed by atoms with Crippen LogP contribution in [0.2, 0.25) is 0 Å². The maximum absolute atomic E-state index is 13.8. The quantitative estimate of drug-likeness (QED) is 0.338. The van der Waals surface area contributed by atoms with E-state index in [9.17, 15) is 17.6 Å². The third-order valence-electron chi connectivity index (χ3n) is 4.33. The minimum Gasteiger partial charge on any atom is -0.432 e. The summed E-state index contributed by atoms with van der Waals surface area (Å²) in [4.78, 5) is 0. The number of allylic oxidation sites excluding steroid dienone is 2. The second-order valence-electron chi connectivity index (χ2n) is 5.94. The van der Waals surface area contributed by atoms with Gasteiger partial charge in [-0.3, -0.25) is 4.39 Å². The smallest absolute Gasteiger partial charge is 0.387 e. The highest BCUT2D eigenvalue weighted by atomic mass is 19.3. The molecule has 0 bridgehead atoms. The second-order valence-corrected chi connectivity index (χ2v) is 5.94. The Bertz CT molecular complexity index is 508. The van der Waals surface area contributed by atoms with Crippen LogP contribution in [-0.4, -0.2) is 13.3 Å². The third-order valence-corrected chi connectivity index (χ3v) is 4.33. The van der Waals surface area contributed by atoms with Crippen LogP contribution in [0.3, 0.4) is 0 Å². The van der Waals surface area contributed by atoms with Gasteiger partial charge < -0.3 is 4.74 Å². The van der Waals surface area contributed by atoms with E-state index in [1.54, 1.807) is 6.07 Å². The highest BCUT2D eigenvalue weighted by Gasteiger charge is 2.22. The van der Waals surface area contributed by atoms with Gasteiger partial charge in [0.05, 0.1) is 6.67 Å². The molecule has 1 aliphatic carbocycles. The minimum atomic E-state index is -3.02. The normalized spacial score (nSPS) is 22.0. The fourth-order valence-corrected chi connectivity index (χ4v) is 3.09. The molecule has 0 radical (unpaired) electrons. The highest BCUT2D eigenvalue weighted by molar-refractivity contribution is 5.31. The number of alkyl halides is 3. The Kier molecular flexibility index (Phi) is 6.93. The zero-order valence-electron chi connectivity index (χ0n) is 13.0. The van der Waals surface area contributed by atoms with Crippen molar-refractivity contribution < 1.29 is 22.3 Å². The van der Waals surface area contributed by atoms with Gasteiger partial charge >= 0.3 is 6.61 Å². The predicted molar refractivity (Wildman–Crippen MR) is 82.1 cm³/mol. The Hall–Kier alpha value is -1.52. The molecule has 1 aromatic carbocycles. The lowest BCUT2D eigenvalue weighted by Crippen LogP contribution is -2.12. The van der Waals surface area contributed by atoms with E-state index in [2.05, 4.69) is 10.8 Å². The molecule has 0 aliphatic heterocycles. The average molecular weight is 330 g/mol. The molecular formula is C18H22F4O. The van der Waals surface area contributed by atoms with E-state index in [1.165, 1.54) is 12.1 Å². The Balaban J connectivity index is 1.87. The van der Waals surface area contributed by atoms with Crippen LogP contribution in [0.15, 0.2) is 30.4 Å². The largest absolute Gasteiger partial charge is 0.432 e. The van der Waals surface area contributed by atoms with E-state index in [-0.39, 0.29) is 12.6 Å². The van der Waals surface area contributed by atoms with Crippen molar-refractivity contribution in [1.29, 1.82) is 0 Å². The topological polar surface area (TPSA) is 9.23 Å². The van der Waals surface area contributed by atoms with Crippen LogP contribution in [0, 0.1) is 11.7 Å². The Morgan fingerprint density at radius 2 is 1.91 bits per heavy atom. The van der Waals surface area contributed by atoms with E-state index in [0.29, 0.717) is 12.3 Å². The average Bonchev–Trinajstić information content (AvgIpc) is 2.54. The molecule has 0 saturated heterocycles. The summed E-state index contributed by atoms with van der Waals surface area (Å²) in [6.45, 7) is -3.30. The van der Waals surface area contributed by atoms with Gasteiger partial charge in [0.15, 0.2) is 11.6 Å². The van der Waals surface area contributed by atoms with Crippen molar-refractivity contribution in [2.75, 3.05) is 6.67 Å². The first-order valence-corrected chi connectivity index (χ1v) is 8.07. The van der Waals surface area contributed by atoms with Crippen LogP contribution in [0.4, 0.5) is 17.6 Å². The molecule has 0 atom stereocenters. The first kappa shape index (κ1) is 17.8. The van der Waals surface area contributed by atoms with Crippen molar-refractivity contribution in [3.8, 4) is 5.75 Å². The summed E-state index contributed by atoms with van der Waals surface area (Å²) < 4.78 is 54.2. The third kappa shape index (κ3) is 5.56. The standard InChI is InChI=1S/C18H22F4O/c19-11-3-1-2-4-13-5-7-14(8-6-13)15-9-10-17(16(20)12-15)23-18(21)22/h2,4,9-10,12-14,18H,1,3,5-8,11H2/t13-,14-. The molecule has 5 heteroatoms. The summed E-state index contributed by atoms with van der Waals surface area (Å²) in [6, 6.07) is 4.25. The van der Waals surface area contributed by atoms with E-state index in [4.69, 9.17) is 0 Å². The number of benzene rings is 1. The maximum Gasteiger partial charge on any atom is 0.387 e. The molecular weight excluding hydrogens is 308 g/mol. The fourth-order valence-electron chi connectivity index (χ4n) is 3.09. The summed E-state index contributed by atoms with van der Waals surface area (Å²) in [5, 5.41) is 0. The van der Waals surface area contributed by atoms with Gasteiger partial charge in [-0.15, -0.1) is 0 Å². The van der Waals surface area contributed by atoms with Crippen molar-refractivity contribution in [3.05, 3.63) is 41.7 Å². The molecule has 128 valence electrons. The molecule has 0 N–H and O–H groups in total. The first-order valence-electron chi connectivity index (χ1n) is 8.07. The lowest BCUT2D eigenvalue weighted by molar-refractivity contribution is -0.0522. The van der Waals surface area contributed by atoms with Crippen LogP contribution >= 0.6 is 0 Å². The summed E-state index contributed by atoms with van der Waals surface area (Å²) in [5.74, 6) is -0.401. The number of rotatable bonds is 7. The molecule has 1 fully saturated rings. The zero-order valence-corrected chi connectivity index (χ0v) is 13.0. The molecule has 0 heterocycles. The number of hydrogen-bond donors (Lipinski definition) is 0. The van der Waals surface area contributed by atoms with Crippen molar-refractivity contribution in [2.45, 2.75) is 51.1 Å². The van der Waals surface area contributed by atoms with Gasteiger partial charge in [-0.05, 0) is 68.1 Å². The van der Waals surface area contributed by atoms with Crippen molar-refractivity contribution in [1.82, 2.24) is 0 Å². The second kappa shape index (κ2) is 8.94. The number of halogens is 4. The van der Waals surface area contributed by atoms with Crippen molar-refractivity contribution in [2.24, 2.45) is 5.92 Å². The highest BCUT2D eigenvalue weighted by Crippen LogP contribution is 2.37. The van der Waals surface area contributed by atoms with Crippen LogP contribution in [0.1, 0.15) is 50.0 Å². The predicted octanol–water partition coefficient (Wildman–Crippen LogP) is 6.01. The van der Waals surface area contributed by atoms with Gasteiger partial charge in [-0.2, -0.15) is 8.78 Å². The molecule has 23 heavy (non-hydrogen) atoms. The Labute approximate surface area is 134 Å². The first-order chi connectivity index (χ1) is 11.1. The van der Waals surface area contributed by atoms with Crippen molar-refractivity contribution >= 4 is 0 Å². The van der Waals surface area contributed by atoms with Crippen LogP contribution < -0.4 is 4.74 Å². The lowest BCUT2D eigenvalue weighted by atomic mass is 9.78. The molecule has 1 aromatic rings. The van der Waals surface area contributed by atoms with Gasteiger partial charge in [0.25, 0.3) is 0 Å². The van der Waals surface area contributed by atoms with Crippen LogP contribution in [-0.2, 0) is 0 Å². The summed E-state index contributed by atoms with van der Waals surface area (Å²) >= 11 is 0. The molecule has 1 aliphatic rings. The van der Waals surface area contributed by atoms with E-state index < -0.39 is 18.2 Å². The molecule has 0 amide bonds. The maximum atomic E-state index is 13.8. The number of ether oxygens (including phenoxy) is 1. The molecule has 0 spiro atoms. The van der Waals surface area contributed by atoms with Gasteiger partial charge in [0, 0.05) is 0 Å². The van der Waals surface area contributed by atoms with Gasteiger partial charge in [-0.25, -0.2) is 4.39 Å². The molecule has 1 saturated carbocycles. The summed E-state index contributed by atoms with van der Waals surface area (Å²) in [6.07, 6.45) is 9.43. The van der Waals surface area contributed by atoms with E-state index in [0.717, 1.165) is 37.7 Å². The Morgan fingerprint density at radius 3 is 2.52 bits per heavy atom. The fraction of sp³-hybridized carbons (Fsp3) is 0.556. The SMILES string of the molecule is FCCCC=C[C@H]1CC[C@H](c2ccc(OC(F)F)c(F)c2)CC1. The summed E-state index contributed by atoms with van der Waals surface area (Å²) in [7, 11) is 0. The lowest BCUT2D eigenvalue weighted by Gasteiger charge is -2.27. The molecule has 0 unspecified atom stereocenters. The van der Waals surface area contributed by atoms with Gasteiger partial charge in [-0.1, -0.05) is 18.2 Å².